The van der Waals surface area contributed by atoms with Gasteiger partial charge < -0.3 is 10.6 Å². The normalized spacial score (nSPS) is 10.5. The van der Waals surface area contributed by atoms with E-state index in [2.05, 4.69) is 17.2 Å². The van der Waals surface area contributed by atoms with Gasteiger partial charge in [0, 0.05) is 20.6 Å². The highest BCUT2D eigenvalue weighted by Crippen LogP contribution is 2.12. The van der Waals surface area contributed by atoms with Gasteiger partial charge in [-0.25, -0.2) is 0 Å². The van der Waals surface area contributed by atoms with Gasteiger partial charge >= 0.3 is 0 Å². The summed E-state index contributed by atoms with van der Waals surface area (Å²) in [6.07, 6.45) is 3.38. The van der Waals surface area contributed by atoms with Crippen molar-refractivity contribution in [2.24, 2.45) is 7.05 Å². The molecule has 2 aromatic rings. The van der Waals surface area contributed by atoms with E-state index < -0.39 is 0 Å². The quantitative estimate of drug-likeness (QED) is 0.901. The molecular weight excluding hydrogens is 252 g/mol. The molecule has 106 valence electrons. The van der Waals surface area contributed by atoms with Gasteiger partial charge in [0.05, 0.1) is 11.9 Å². The number of carbonyl (C=O) groups is 1. The number of aryl methyl sites for hydroxylation is 2. The molecule has 1 aromatic carbocycles. The lowest BCUT2D eigenvalue weighted by molar-refractivity contribution is 0.0784. The van der Waals surface area contributed by atoms with Crippen molar-refractivity contribution in [3.8, 4) is 0 Å². The Kier molecular flexibility index (Phi) is 4.40. The van der Waals surface area contributed by atoms with Crippen LogP contribution < -0.4 is 5.73 Å². The number of carbonyl (C=O) groups excluding carboxylic acids is 1. The Balaban J connectivity index is 1.89. The van der Waals surface area contributed by atoms with Crippen molar-refractivity contribution in [3.63, 3.8) is 0 Å². The topological polar surface area (TPSA) is 64.2 Å². The van der Waals surface area contributed by atoms with Crippen LogP contribution in [0.15, 0.2) is 36.5 Å². The molecule has 0 spiro atoms. The van der Waals surface area contributed by atoms with E-state index in [1.807, 2.05) is 18.2 Å². The van der Waals surface area contributed by atoms with Crippen LogP contribution in [-0.4, -0.2) is 34.2 Å². The average molecular weight is 272 g/mol. The van der Waals surface area contributed by atoms with E-state index >= 15 is 0 Å². The number of anilines is 1. The molecule has 0 saturated heterocycles. The van der Waals surface area contributed by atoms with E-state index in [4.69, 9.17) is 5.73 Å². The average Bonchev–Trinajstić information content (AvgIpc) is 2.78. The molecule has 2 rings (SSSR count). The van der Waals surface area contributed by atoms with Gasteiger partial charge in [0.15, 0.2) is 0 Å². The van der Waals surface area contributed by atoms with Crippen molar-refractivity contribution < 1.29 is 4.79 Å². The van der Waals surface area contributed by atoms with Crippen LogP contribution in [0.25, 0.3) is 0 Å². The van der Waals surface area contributed by atoms with Gasteiger partial charge in [-0.3, -0.25) is 9.48 Å². The third kappa shape index (κ3) is 3.17. The van der Waals surface area contributed by atoms with Crippen molar-refractivity contribution in [1.82, 2.24) is 14.7 Å². The Bertz CT molecular complexity index is 557. The predicted molar refractivity (Wildman–Crippen MR) is 79.3 cm³/mol. The number of benzene rings is 1. The van der Waals surface area contributed by atoms with Gasteiger partial charge in [-0.1, -0.05) is 30.3 Å². The second kappa shape index (κ2) is 6.23. The second-order valence-corrected chi connectivity index (χ2v) is 4.89. The molecule has 1 aromatic heterocycles. The summed E-state index contributed by atoms with van der Waals surface area (Å²) >= 11 is 0. The Labute approximate surface area is 119 Å². The fourth-order valence-corrected chi connectivity index (χ4v) is 2.16. The molecule has 1 amide bonds. The summed E-state index contributed by atoms with van der Waals surface area (Å²) in [5, 5.41) is 3.99. The molecule has 0 saturated carbocycles. The summed E-state index contributed by atoms with van der Waals surface area (Å²) in [5.41, 5.74) is 7.93. The van der Waals surface area contributed by atoms with Gasteiger partial charge in [-0.15, -0.1) is 0 Å². The first-order chi connectivity index (χ1) is 9.59. The van der Waals surface area contributed by atoms with Gasteiger partial charge in [-0.05, 0) is 18.4 Å². The van der Waals surface area contributed by atoms with Crippen molar-refractivity contribution in [1.29, 1.82) is 0 Å². The summed E-state index contributed by atoms with van der Waals surface area (Å²) in [4.78, 5) is 14.0. The molecule has 0 aliphatic rings. The number of aromatic nitrogens is 2. The lowest BCUT2D eigenvalue weighted by Crippen LogP contribution is -2.30. The molecule has 0 aliphatic carbocycles. The summed E-state index contributed by atoms with van der Waals surface area (Å²) in [7, 11) is 3.52. The monoisotopic (exact) mass is 272 g/mol. The van der Waals surface area contributed by atoms with Crippen LogP contribution in [-0.2, 0) is 13.5 Å². The van der Waals surface area contributed by atoms with E-state index in [9.17, 15) is 4.79 Å². The van der Waals surface area contributed by atoms with Crippen LogP contribution in [0.1, 0.15) is 22.5 Å². The van der Waals surface area contributed by atoms with Gasteiger partial charge in [0.1, 0.15) is 5.69 Å². The Hall–Kier alpha value is -2.30. The van der Waals surface area contributed by atoms with Gasteiger partial charge in [-0.2, -0.15) is 5.10 Å². The zero-order valence-electron chi connectivity index (χ0n) is 11.9. The summed E-state index contributed by atoms with van der Waals surface area (Å²) < 4.78 is 1.52. The molecule has 0 unspecified atom stereocenters. The molecule has 5 nitrogen and oxygen atoms in total. The largest absolute Gasteiger partial charge is 0.396 e. The maximum atomic E-state index is 12.3. The fourth-order valence-electron chi connectivity index (χ4n) is 2.16. The Morgan fingerprint density at radius 3 is 2.65 bits per heavy atom. The maximum absolute atomic E-state index is 12.3. The lowest BCUT2D eigenvalue weighted by Gasteiger charge is -2.17. The minimum Gasteiger partial charge on any atom is -0.396 e. The van der Waals surface area contributed by atoms with E-state index in [0.717, 1.165) is 12.8 Å². The summed E-state index contributed by atoms with van der Waals surface area (Å²) in [6.45, 7) is 0.693. The SMILES string of the molecule is CN(CCCc1ccccc1)C(=O)c1c(N)cnn1C. The number of hydrogen-bond donors (Lipinski definition) is 1. The third-order valence-corrected chi connectivity index (χ3v) is 3.32. The minimum absolute atomic E-state index is 0.0874. The minimum atomic E-state index is -0.0874. The predicted octanol–water partition coefficient (Wildman–Crippen LogP) is 1.71. The standard InChI is InChI=1S/C15H20N4O/c1-18(10-6-9-12-7-4-3-5-8-12)15(20)14-13(16)11-17-19(14)2/h3-5,7-8,11H,6,9-10,16H2,1-2H3. The van der Waals surface area contributed by atoms with Crippen molar-refractivity contribution in [3.05, 3.63) is 47.8 Å². The molecule has 0 bridgehead atoms. The lowest BCUT2D eigenvalue weighted by atomic mass is 10.1. The molecule has 0 radical (unpaired) electrons. The second-order valence-electron chi connectivity index (χ2n) is 4.89. The van der Waals surface area contributed by atoms with Crippen LogP contribution in [0.4, 0.5) is 5.69 Å². The van der Waals surface area contributed by atoms with Crippen LogP contribution in [0.3, 0.4) is 0 Å². The molecule has 2 N–H and O–H groups in total. The van der Waals surface area contributed by atoms with E-state index in [1.165, 1.54) is 16.4 Å². The van der Waals surface area contributed by atoms with Gasteiger partial charge in [0.2, 0.25) is 0 Å². The number of nitrogens with zero attached hydrogens (tertiary/aromatic N) is 3. The Morgan fingerprint density at radius 2 is 2.05 bits per heavy atom. The molecule has 0 fully saturated rings. The summed E-state index contributed by atoms with van der Waals surface area (Å²) in [5.74, 6) is -0.0874. The molecule has 5 heteroatoms. The van der Waals surface area contributed by atoms with E-state index in [1.54, 1.807) is 19.0 Å². The number of nitrogens with two attached hydrogens (primary N) is 1. The highest BCUT2D eigenvalue weighted by atomic mass is 16.2. The molecule has 0 aliphatic heterocycles. The number of amides is 1. The highest BCUT2D eigenvalue weighted by Gasteiger charge is 2.18. The number of nitrogen functional groups attached to an aromatic ring is 1. The first kappa shape index (κ1) is 14.1. The van der Waals surface area contributed by atoms with Crippen LogP contribution in [0.2, 0.25) is 0 Å². The smallest absolute Gasteiger partial charge is 0.274 e. The Morgan fingerprint density at radius 1 is 1.35 bits per heavy atom. The van der Waals surface area contributed by atoms with Gasteiger partial charge in [0.25, 0.3) is 5.91 Å². The summed E-state index contributed by atoms with van der Waals surface area (Å²) in [6, 6.07) is 10.3. The van der Waals surface area contributed by atoms with Crippen LogP contribution in [0.5, 0.6) is 0 Å². The zero-order valence-corrected chi connectivity index (χ0v) is 11.9. The molecule has 0 atom stereocenters. The third-order valence-electron chi connectivity index (χ3n) is 3.32. The highest BCUT2D eigenvalue weighted by molar-refractivity contribution is 5.97. The van der Waals surface area contributed by atoms with E-state index in [0.29, 0.717) is 17.9 Å². The zero-order chi connectivity index (χ0) is 14.5. The molecular formula is C15H20N4O. The van der Waals surface area contributed by atoms with Crippen molar-refractivity contribution in [2.45, 2.75) is 12.8 Å². The fraction of sp³-hybridized carbons (Fsp3) is 0.333. The number of rotatable bonds is 5. The first-order valence-corrected chi connectivity index (χ1v) is 6.66. The van der Waals surface area contributed by atoms with Crippen LogP contribution >= 0.6 is 0 Å². The maximum Gasteiger partial charge on any atom is 0.274 e. The molecule has 20 heavy (non-hydrogen) atoms. The first-order valence-electron chi connectivity index (χ1n) is 6.66. The van der Waals surface area contributed by atoms with Crippen molar-refractivity contribution in [2.75, 3.05) is 19.3 Å². The van der Waals surface area contributed by atoms with Crippen molar-refractivity contribution >= 4 is 11.6 Å². The molecule has 1 heterocycles. The number of hydrogen-bond acceptors (Lipinski definition) is 3. The van der Waals surface area contributed by atoms with Crippen LogP contribution in [0, 0.1) is 0 Å². The van der Waals surface area contributed by atoms with E-state index in [-0.39, 0.29) is 5.91 Å².